The van der Waals surface area contributed by atoms with Gasteiger partial charge in [0.25, 0.3) is 0 Å². The second-order valence-electron chi connectivity index (χ2n) is 4.78. The third-order valence-electron chi connectivity index (χ3n) is 3.56. The van der Waals surface area contributed by atoms with E-state index in [4.69, 9.17) is 0 Å². The first-order valence-corrected chi connectivity index (χ1v) is 5.85. The zero-order valence-corrected chi connectivity index (χ0v) is 9.28. The number of amides is 1. The Labute approximate surface area is 90.6 Å². The predicted molar refractivity (Wildman–Crippen MR) is 57.4 cm³/mol. The highest BCUT2D eigenvalue weighted by molar-refractivity contribution is 5.76. The molecule has 1 amide bonds. The minimum Gasteiger partial charge on any atom is -0.392 e. The van der Waals surface area contributed by atoms with Crippen molar-refractivity contribution in [1.29, 1.82) is 0 Å². The maximum Gasteiger partial charge on any atom is 0.222 e. The smallest absolute Gasteiger partial charge is 0.222 e. The Morgan fingerprint density at radius 3 is 2.80 bits per heavy atom. The van der Waals surface area contributed by atoms with Crippen molar-refractivity contribution in [1.82, 2.24) is 10.2 Å². The van der Waals surface area contributed by atoms with Crippen molar-refractivity contribution < 1.29 is 9.90 Å². The normalized spacial score (nSPS) is 37.3. The second-order valence-corrected chi connectivity index (χ2v) is 4.78. The molecule has 4 nitrogen and oxygen atoms in total. The van der Waals surface area contributed by atoms with E-state index in [0.29, 0.717) is 12.5 Å². The first-order valence-electron chi connectivity index (χ1n) is 5.85. The summed E-state index contributed by atoms with van der Waals surface area (Å²) < 4.78 is 0. The summed E-state index contributed by atoms with van der Waals surface area (Å²) in [5.74, 6) is 0.236. The third kappa shape index (κ3) is 2.49. The molecule has 0 radical (unpaired) electrons. The van der Waals surface area contributed by atoms with Crippen LogP contribution in [0.25, 0.3) is 0 Å². The highest BCUT2D eigenvalue weighted by Gasteiger charge is 2.30. The highest BCUT2D eigenvalue weighted by Crippen LogP contribution is 2.21. The lowest BCUT2D eigenvalue weighted by Gasteiger charge is -2.33. The second kappa shape index (κ2) is 4.49. The van der Waals surface area contributed by atoms with Crippen molar-refractivity contribution in [2.45, 2.75) is 50.3 Å². The molecule has 1 aliphatic heterocycles. The van der Waals surface area contributed by atoms with Crippen molar-refractivity contribution in [2.75, 3.05) is 13.6 Å². The SMILES string of the molecule is CN1CC(N[C@@H]2CCC[C@H]2O)CCC1=O. The Kier molecular flexibility index (Phi) is 3.26. The maximum atomic E-state index is 11.3. The van der Waals surface area contributed by atoms with Crippen LogP contribution < -0.4 is 5.32 Å². The number of likely N-dealkylation sites (tertiary alicyclic amines) is 1. The van der Waals surface area contributed by atoms with Gasteiger partial charge >= 0.3 is 0 Å². The number of aliphatic hydroxyl groups excluding tert-OH is 1. The van der Waals surface area contributed by atoms with E-state index in [-0.39, 0.29) is 18.1 Å². The molecule has 0 spiro atoms. The van der Waals surface area contributed by atoms with Gasteiger partial charge in [0, 0.05) is 32.1 Å². The van der Waals surface area contributed by atoms with Crippen LogP contribution in [0.2, 0.25) is 0 Å². The van der Waals surface area contributed by atoms with Crippen LogP contribution in [0.4, 0.5) is 0 Å². The van der Waals surface area contributed by atoms with E-state index in [0.717, 1.165) is 32.2 Å². The first-order chi connectivity index (χ1) is 7.16. The van der Waals surface area contributed by atoms with Gasteiger partial charge in [-0.1, -0.05) is 0 Å². The molecule has 0 bridgehead atoms. The quantitative estimate of drug-likeness (QED) is 0.683. The molecular formula is C11H20N2O2. The van der Waals surface area contributed by atoms with Crippen LogP contribution in [0.15, 0.2) is 0 Å². The lowest BCUT2D eigenvalue weighted by Crippen LogP contribution is -2.51. The van der Waals surface area contributed by atoms with E-state index in [1.807, 2.05) is 7.05 Å². The first kappa shape index (κ1) is 10.9. The van der Waals surface area contributed by atoms with Crippen LogP contribution in [0, 0.1) is 0 Å². The van der Waals surface area contributed by atoms with E-state index in [9.17, 15) is 9.90 Å². The standard InChI is InChI=1S/C11H20N2O2/c1-13-7-8(5-6-11(13)15)12-9-3-2-4-10(9)14/h8-10,12,14H,2-7H2,1H3/t8?,9-,10-/m1/s1. The lowest BCUT2D eigenvalue weighted by molar-refractivity contribution is -0.132. The van der Waals surface area contributed by atoms with Crippen LogP contribution in [-0.2, 0) is 4.79 Å². The number of hydrogen-bond acceptors (Lipinski definition) is 3. The molecule has 0 aromatic heterocycles. The third-order valence-corrected chi connectivity index (χ3v) is 3.56. The van der Waals surface area contributed by atoms with Crippen molar-refractivity contribution in [2.24, 2.45) is 0 Å². The van der Waals surface area contributed by atoms with Gasteiger partial charge in [-0.2, -0.15) is 0 Å². The fraction of sp³-hybridized carbons (Fsp3) is 0.909. The van der Waals surface area contributed by atoms with Gasteiger partial charge in [0.15, 0.2) is 0 Å². The molecule has 2 rings (SSSR count). The van der Waals surface area contributed by atoms with Crippen LogP contribution in [0.3, 0.4) is 0 Å². The van der Waals surface area contributed by atoms with E-state index in [1.165, 1.54) is 0 Å². The monoisotopic (exact) mass is 212 g/mol. The predicted octanol–water partition coefficient (Wildman–Crippen LogP) is 0.110. The van der Waals surface area contributed by atoms with Gasteiger partial charge in [0.05, 0.1) is 6.10 Å². The molecule has 1 unspecified atom stereocenters. The summed E-state index contributed by atoms with van der Waals surface area (Å²) in [5.41, 5.74) is 0. The number of rotatable bonds is 2. The van der Waals surface area contributed by atoms with Crippen molar-refractivity contribution in [3.63, 3.8) is 0 Å². The fourth-order valence-electron chi connectivity index (χ4n) is 2.59. The highest BCUT2D eigenvalue weighted by atomic mass is 16.3. The van der Waals surface area contributed by atoms with Gasteiger partial charge in [0.2, 0.25) is 5.91 Å². The summed E-state index contributed by atoms with van der Waals surface area (Å²) in [6.07, 6.45) is 4.45. The minimum atomic E-state index is -0.187. The lowest BCUT2D eigenvalue weighted by atomic mass is 10.0. The summed E-state index contributed by atoms with van der Waals surface area (Å²) in [7, 11) is 1.85. The van der Waals surface area contributed by atoms with Gasteiger partial charge in [-0.15, -0.1) is 0 Å². The Morgan fingerprint density at radius 2 is 2.20 bits per heavy atom. The van der Waals surface area contributed by atoms with E-state index in [1.54, 1.807) is 4.90 Å². The number of nitrogens with zero attached hydrogens (tertiary/aromatic N) is 1. The van der Waals surface area contributed by atoms with Crippen molar-refractivity contribution in [3.05, 3.63) is 0 Å². The topological polar surface area (TPSA) is 52.6 Å². The molecule has 0 aromatic carbocycles. The average molecular weight is 212 g/mol. The van der Waals surface area contributed by atoms with Gasteiger partial charge in [-0.3, -0.25) is 4.79 Å². The van der Waals surface area contributed by atoms with Crippen molar-refractivity contribution >= 4 is 5.91 Å². The molecular weight excluding hydrogens is 192 g/mol. The van der Waals surface area contributed by atoms with Crippen LogP contribution in [0.5, 0.6) is 0 Å². The summed E-state index contributed by atoms with van der Waals surface area (Å²) in [5, 5.41) is 13.2. The molecule has 4 heteroatoms. The van der Waals surface area contributed by atoms with E-state index in [2.05, 4.69) is 5.32 Å². The Bertz CT molecular complexity index is 245. The van der Waals surface area contributed by atoms with Gasteiger partial charge in [-0.05, 0) is 25.7 Å². The molecule has 2 N–H and O–H groups in total. The zero-order valence-electron chi connectivity index (χ0n) is 9.28. The molecule has 3 atom stereocenters. The van der Waals surface area contributed by atoms with Gasteiger partial charge in [0.1, 0.15) is 0 Å². The Morgan fingerprint density at radius 1 is 1.40 bits per heavy atom. The Hall–Kier alpha value is -0.610. The van der Waals surface area contributed by atoms with E-state index < -0.39 is 0 Å². The molecule has 2 fully saturated rings. The zero-order chi connectivity index (χ0) is 10.8. The number of carbonyl (C=O) groups is 1. The molecule has 1 saturated carbocycles. The maximum absolute atomic E-state index is 11.3. The number of piperidine rings is 1. The number of likely N-dealkylation sites (N-methyl/N-ethyl adjacent to an activating group) is 1. The fourth-order valence-corrected chi connectivity index (χ4v) is 2.59. The van der Waals surface area contributed by atoms with Crippen molar-refractivity contribution in [3.8, 4) is 0 Å². The number of carbonyl (C=O) groups excluding carboxylic acids is 1. The molecule has 86 valence electrons. The molecule has 0 aromatic rings. The summed E-state index contributed by atoms with van der Waals surface area (Å²) >= 11 is 0. The molecule has 15 heavy (non-hydrogen) atoms. The number of aliphatic hydroxyl groups is 1. The van der Waals surface area contributed by atoms with E-state index >= 15 is 0 Å². The van der Waals surface area contributed by atoms with Crippen LogP contribution in [0.1, 0.15) is 32.1 Å². The van der Waals surface area contributed by atoms with Crippen LogP contribution >= 0.6 is 0 Å². The summed E-state index contributed by atoms with van der Waals surface area (Å²) in [6.45, 7) is 0.780. The average Bonchev–Trinajstić information content (AvgIpc) is 2.59. The molecule has 1 heterocycles. The molecule has 1 saturated heterocycles. The number of nitrogens with one attached hydrogen (secondary N) is 1. The largest absolute Gasteiger partial charge is 0.392 e. The number of hydrogen-bond donors (Lipinski definition) is 2. The van der Waals surface area contributed by atoms with Gasteiger partial charge < -0.3 is 15.3 Å². The Balaban J connectivity index is 1.82. The molecule has 1 aliphatic carbocycles. The summed E-state index contributed by atoms with van der Waals surface area (Å²) in [4.78, 5) is 13.1. The summed E-state index contributed by atoms with van der Waals surface area (Å²) in [6, 6.07) is 0.613. The van der Waals surface area contributed by atoms with Crippen LogP contribution in [-0.4, -0.2) is 47.7 Å². The molecule has 2 aliphatic rings. The van der Waals surface area contributed by atoms with Gasteiger partial charge in [-0.25, -0.2) is 0 Å². The minimum absolute atomic E-state index is 0.187.